The Labute approximate surface area is 125 Å². The van der Waals surface area contributed by atoms with Crippen LogP contribution in [0.25, 0.3) is 21.9 Å². The highest BCUT2D eigenvalue weighted by Crippen LogP contribution is 2.30. The second kappa shape index (κ2) is 6.06. The minimum atomic E-state index is 0.925. The van der Waals surface area contributed by atoms with Gasteiger partial charge in [-0.3, -0.25) is 4.98 Å². The number of nitrogens with one attached hydrogen (secondary N) is 1. The van der Waals surface area contributed by atoms with Gasteiger partial charge in [0.2, 0.25) is 0 Å². The van der Waals surface area contributed by atoms with Gasteiger partial charge >= 0.3 is 0 Å². The summed E-state index contributed by atoms with van der Waals surface area (Å²) in [6.07, 6.45) is 3.80. The maximum absolute atomic E-state index is 4.28. The lowest BCUT2D eigenvalue weighted by Gasteiger charge is -2.11. The number of aromatic nitrogens is 1. The molecule has 0 saturated carbocycles. The van der Waals surface area contributed by atoms with E-state index in [0.717, 1.165) is 13.1 Å². The van der Waals surface area contributed by atoms with Gasteiger partial charge in [0.05, 0.1) is 0 Å². The Morgan fingerprint density at radius 2 is 1.95 bits per heavy atom. The number of hydrogen-bond acceptors (Lipinski definition) is 2. The van der Waals surface area contributed by atoms with Gasteiger partial charge in [-0.2, -0.15) is 0 Å². The van der Waals surface area contributed by atoms with E-state index in [1.54, 1.807) is 0 Å². The third kappa shape index (κ3) is 2.81. The van der Waals surface area contributed by atoms with E-state index in [0.29, 0.717) is 0 Å². The second-order valence-electron chi connectivity index (χ2n) is 5.33. The summed E-state index contributed by atoms with van der Waals surface area (Å²) in [4.78, 5) is 4.28. The molecule has 3 rings (SSSR count). The number of aryl methyl sites for hydroxylation is 1. The Hall–Kier alpha value is -2.19. The first-order chi connectivity index (χ1) is 10.3. The molecule has 0 aliphatic heterocycles. The van der Waals surface area contributed by atoms with E-state index < -0.39 is 0 Å². The van der Waals surface area contributed by atoms with Crippen molar-refractivity contribution in [3.05, 3.63) is 66.0 Å². The highest BCUT2D eigenvalue weighted by atomic mass is 14.8. The molecule has 1 heterocycles. The molecule has 21 heavy (non-hydrogen) atoms. The summed E-state index contributed by atoms with van der Waals surface area (Å²) in [5, 5.41) is 5.82. The molecular formula is C19H20N2. The molecule has 2 nitrogen and oxygen atoms in total. The predicted molar refractivity (Wildman–Crippen MR) is 89.3 cm³/mol. The quantitative estimate of drug-likeness (QED) is 0.767. The van der Waals surface area contributed by atoms with E-state index in [1.807, 2.05) is 12.4 Å². The fourth-order valence-corrected chi connectivity index (χ4v) is 2.76. The van der Waals surface area contributed by atoms with Crippen molar-refractivity contribution in [2.45, 2.75) is 20.4 Å². The highest BCUT2D eigenvalue weighted by molar-refractivity contribution is 5.96. The van der Waals surface area contributed by atoms with Gasteiger partial charge < -0.3 is 5.32 Å². The zero-order chi connectivity index (χ0) is 14.7. The van der Waals surface area contributed by atoms with Gasteiger partial charge in [-0.1, -0.05) is 43.3 Å². The first-order valence-corrected chi connectivity index (χ1v) is 7.43. The number of pyridine rings is 1. The third-order valence-electron chi connectivity index (χ3n) is 3.84. The Balaban J connectivity index is 2.06. The van der Waals surface area contributed by atoms with Crippen LogP contribution < -0.4 is 5.32 Å². The lowest BCUT2D eigenvalue weighted by Crippen LogP contribution is -2.11. The molecule has 0 aliphatic carbocycles. The lowest BCUT2D eigenvalue weighted by atomic mass is 9.95. The molecule has 2 heteroatoms. The van der Waals surface area contributed by atoms with Crippen LogP contribution in [-0.4, -0.2) is 11.5 Å². The van der Waals surface area contributed by atoms with Gasteiger partial charge in [0, 0.05) is 24.3 Å². The second-order valence-corrected chi connectivity index (χ2v) is 5.33. The van der Waals surface area contributed by atoms with Crippen LogP contribution in [0, 0.1) is 6.92 Å². The minimum absolute atomic E-state index is 0.925. The summed E-state index contributed by atoms with van der Waals surface area (Å²) in [5.74, 6) is 0. The van der Waals surface area contributed by atoms with Gasteiger partial charge in [-0.15, -0.1) is 0 Å². The summed E-state index contributed by atoms with van der Waals surface area (Å²) >= 11 is 0. The van der Waals surface area contributed by atoms with Crippen molar-refractivity contribution in [2.75, 3.05) is 6.54 Å². The molecule has 3 aromatic rings. The molecule has 2 aromatic carbocycles. The van der Waals surface area contributed by atoms with E-state index in [2.05, 4.69) is 66.6 Å². The van der Waals surface area contributed by atoms with Gasteiger partial charge in [0.1, 0.15) is 0 Å². The fraction of sp³-hybridized carbons (Fsp3) is 0.211. The Kier molecular flexibility index (Phi) is 3.98. The first kappa shape index (κ1) is 13.8. The molecule has 0 aliphatic rings. The standard InChI is InChI=1S/C19H20N2/c1-3-20-12-15-7-8-17(14(2)11-15)18-6-4-5-16-9-10-21-13-19(16)18/h4-11,13,20H,3,12H2,1-2H3. The SMILES string of the molecule is CCNCc1ccc(-c2cccc3ccncc23)c(C)c1. The van der Waals surface area contributed by atoms with Crippen LogP contribution >= 0.6 is 0 Å². The van der Waals surface area contributed by atoms with E-state index >= 15 is 0 Å². The fourth-order valence-electron chi connectivity index (χ4n) is 2.76. The van der Waals surface area contributed by atoms with Crippen molar-refractivity contribution < 1.29 is 0 Å². The van der Waals surface area contributed by atoms with E-state index in [1.165, 1.54) is 33.0 Å². The maximum atomic E-state index is 4.28. The number of benzene rings is 2. The lowest BCUT2D eigenvalue weighted by molar-refractivity contribution is 0.726. The zero-order valence-corrected chi connectivity index (χ0v) is 12.6. The van der Waals surface area contributed by atoms with Crippen molar-refractivity contribution in [3.63, 3.8) is 0 Å². The van der Waals surface area contributed by atoms with Crippen LogP contribution in [0.15, 0.2) is 54.9 Å². The topological polar surface area (TPSA) is 24.9 Å². The summed E-state index contributed by atoms with van der Waals surface area (Å²) < 4.78 is 0. The largest absolute Gasteiger partial charge is 0.313 e. The molecule has 0 atom stereocenters. The Morgan fingerprint density at radius 3 is 2.76 bits per heavy atom. The molecular weight excluding hydrogens is 256 g/mol. The van der Waals surface area contributed by atoms with E-state index in [4.69, 9.17) is 0 Å². The molecule has 1 aromatic heterocycles. The van der Waals surface area contributed by atoms with Crippen molar-refractivity contribution >= 4 is 10.8 Å². The smallest absolute Gasteiger partial charge is 0.0352 e. The van der Waals surface area contributed by atoms with Crippen molar-refractivity contribution in [1.82, 2.24) is 10.3 Å². The number of nitrogens with zero attached hydrogens (tertiary/aromatic N) is 1. The third-order valence-corrected chi connectivity index (χ3v) is 3.84. The van der Waals surface area contributed by atoms with Crippen molar-refractivity contribution in [3.8, 4) is 11.1 Å². The normalized spacial score (nSPS) is 11.0. The van der Waals surface area contributed by atoms with Crippen molar-refractivity contribution in [1.29, 1.82) is 0 Å². The number of rotatable bonds is 4. The molecule has 1 N–H and O–H groups in total. The van der Waals surface area contributed by atoms with Crippen LogP contribution in [0.2, 0.25) is 0 Å². The minimum Gasteiger partial charge on any atom is -0.313 e. The van der Waals surface area contributed by atoms with E-state index in [-0.39, 0.29) is 0 Å². The monoisotopic (exact) mass is 276 g/mol. The molecule has 0 spiro atoms. The van der Waals surface area contributed by atoms with Gasteiger partial charge in [0.25, 0.3) is 0 Å². The van der Waals surface area contributed by atoms with Crippen LogP contribution in [-0.2, 0) is 6.54 Å². The molecule has 0 amide bonds. The average molecular weight is 276 g/mol. The average Bonchev–Trinajstić information content (AvgIpc) is 2.53. The maximum Gasteiger partial charge on any atom is 0.0352 e. The Morgan fingerprint density at radius 1 is 1.05 bits per heavy atom. The summed E-state index contributed by atoms with van der Waals surface area (Å²) in [5.41, 5.74) is 5.18. The van der Waals surface area contributed by atoms with Crippen LogP contribution in [0.4, 0.5) is 0 Å². The molecule has 0 saturated heterocycles. The summed E-state index contributed by atoms with van der Waals surface area (Å²) in [6, 6.07) is 15.2. The van der Waals surface area contributed by atoms with Gasteiger partial charge in [0.15, 0.2) is 0 Å². The zero-order valence-electron chi connectivity index (χ0n) is 12.6. The van der Waals surface area contributed by atoms with Crippen molar-refractivity contribution in [2.24, 2.45) is 0 Å². The number of fused-ring (bicyclic) bond motifs is 1. The number of hydrogen-bond donors (Lipinski definition) is 1. The molecule has 0 fully saturated rings. The first-order valence-electron chi connectivity index (χ1n) is 7.43. The van der Waals surface area contributed by atoms with Gasteiger partial charge in [-0.05, 0) is 47.2 Å². The molecule has 106 valence electrons. The highest BCUT2D eigenvalue weighted by Gasteiger charge is 2.07. The summed E-state index contributed by atoms with van der Waals surface area (Å²) in [6.45, 7) is 6.23. The molecule has 0 unspecified atom stereocenters. The van der Waals surface area contributed by atoms with Crippen LogP contribution in [0.1, 0.15) is 18.1 Å². The Bertz CT molecular complexity index is 757. The summed E-state index contributed by atoms with van der Waals surface area (Å²) in [7, 11) is 0. The van der Waals surface area contributed by atoms with E-state index in [9.17, 15) is 0 Å². The predicted octanol–water partition coefficient (Wildman–Crippen LogP) is 4.32. The van der Waals surface area contributed by atoms with Crippen LogP contribution in [0.5, 0.6) is 0 Å². The molecule has 0 bridgehead atoms. The van der Waals surface area contributed by atoms with Gasteiger partial charge in [-0.25, -0.2) is 0 Å². The molecule has 0 radical (unpaired) electrons. The van der Waals surface area contributed by atoms with Crippen LogP contribution in [0.3, 0.4) is 0 Å².